The molecule has 1 aliphatic carbocycles. The van der Waals surface area contributed by atoms with Gasteiger partial charge < -0.3 is 4.74 Å². The van der Waals surface area contributed by atoms with Crippen molar-refractivity contribution >= 4 is 0 Å². The van der Waals surface area contributed by atoms with Gasteiger partial charge in [-0.15, -0.1) is 0 Å². The number of hydrogen-bond acceptors (Lipinski definition) is 1. The highest BCUT2D eigenvalue weighted by Gasteiger charge is 2.02. The molecule has 0 bridgehead atoms. The first-order valence-electron chi connectivity index (χ1n) is 3.88. The maximum Gasteiger partial charge on any atom is 0.0793 e. The summed E-state index contributed by atoms with van der Waals surface area (Å²) in [5.41, 5.74) is 0. The molecular weight excluding hydrogens is 124 g/mol. The molecule has 0 saturated heterocycles. The van der Waals surface area contributed by atoms with Crippen LogP contribution in [0.4, 0.5) is 0 Å². The molecule has 1 unspecified atom stereocenters. The maximum absolute atomic E-state index is 5.49. The fourth-order valence-electron chi connectivity index (χ4n) is 0.951. The Labute approximate surface area is 62.4 Å². The van der Waals surface area contributed by atoms with Gasteiger partial charge in [0.25, 0.3) is 0 Å². The van der Waals surface area contributed by atoms with Gasteiger partial charge in [-0.2, -0.15) is 0 Å². The Hall–Kier alpha value is -0.560. The fraction of sp³-hybridized carbons (Fsp3) is 0.556. The van der Waals surface area contributed by atoms with Gasteiger partial charge in [0.05, 0.1) is 6.10 Å². The zero-order valence-corrected chi connectivity index (χ0v) is 6.42. The standard InChI is InChI=1S/C9H14O/c1-2-8-10-9-6-4-3-5-7-9/h3-6,9H,2,7-8H2,1H3. The van der Waals surface area contributed by atoms with Crippen molar-refractivity contribution in [3.8, 4) is 0 Å². The zero-order chi connectivity index (χ0) is 7.23. The summed E-state index contributed by atoms with van der Waals surface area (Å²) < 4.78 is 5.49. The normalized spacial score (nSPS) is 23.5. The van der Waals surface area contributed by atoms with Crippen LogP contribution in [0.25, 0.3) is 0 Å². The summed E-state index contributed by atoms with van der Waals surface area (Å²) in [5.74, 6) is 0. The van der Waals surface area contributed by atoms with Crippen LogP contribution in [0.3, 0.4) is 0 Å². The van der Waals surface area contributed by atoms with Gasteiger partial charge >= 0.3 is 0 Å². The molecule has 10 heavy (non-hydrogen) atoms. The van der Waals surface area contributed by atoms with Crippen molar-refractivity contribution in [2.75, 3.05) is 6.61 Å². The van der Waals surface area contributed by atoms with Crippen LogP contribution in [-0.2, 0) is 4.74 Å². The van der Waals surface area contributed by atoms with Gasteiger partial charge in [0.15, 0.2) is 0 Å². The molecule has 0 aromatic rings. The lowest BCUT2D eigenvalue weighted by Gasteiger charge is -2.12. The molecular formula is C9H14O. The van der Waals surface area contributed by atoms with Crippen molar-refractivity contribution in [3.63, 3.8) is 0 Å². The van der Waals surface area contributed by atoms with E-state index in [4.69, 9.17) is 4.74 Å². The van der Waals surface area contributed by atoms with Crippen LogP contribution in [0, 0.1) is 0 Å². The Kier molecular flexibility index (Phi) is 3.23. The average molecular weight is 138 g/mol. The van der Waals surface area contributed by atoms with Crippen LogP contribution >= 0.6 is 0 Å². The Bertz CT molecular complexity index is 136. The van der Waals surface area contributed by atoms with E-state index in [2.05, 4.69) is 25.2 Å². The number of hydrogen-bond donors (Lipinski definition) is 0. The van der Waals surface area contributed by atoms with Crippen molar-refractivity contribution < 1.29 is 4.74 Å². The second kappa shape index (κ2) is 4.29. The monoisotopic (exact) mass is 138 g/mol. The van der Waals surface area contributed by atoms with Gasteiger partial charge in [-0.1, -0.05) is 31.2 Å². The van der Waals surface area contributed by atoms with E-state index in [1.807, 2.05) is 6.08 Å². The number of rotatable bonds is 3. The number of ether oxygens (including phenoxy) is 1. The van der Waals surface area contributed by atoms with Crippen LogP contribution in [-0.4, -0.2) is 12.7 Å². The summed E-state index contributed by atoms with van der Waals surface area (Å²) in [4.78, 5) is 0. The highest BCUT2D eigenvalue weighted by molar-refractivity contribution is 5.11. The topological polar surface area (TPSA) is 9.23 Å². The molecule has 0 fully saturated rings. The Morgan fingerprint density at radius 1 is 1.50 bits per heavy atom. The molecule has 1 heteroatoms. The van der Waals surface area contributed by atoms with E-state index < -0.39 is 0 Å². The third-order valence-electron chi connectivity index (χ3n) is 1.48. The number of allylic oxidation sites excluding steroid dienone is 2. The molecule has 1 atom stereocenters. The lowest BCUT2D eigenvalue weighted by Crippen LogP contribution is -2.10. The molecule has 0 spiro atoms. The van der Waals surface area contributed by atoms with Crippen LogP contribution < -0.4 is 0 Å². The highest BCUT2D eigenvalue weighted by Crippen LogP contribution is 2.06. The second-order valence-corrected chi connectivity index (χ2v) is 2.46. The molecule has 56 valence electrons. The second-order valence-electron chi connectivity index (χ2n) is 2.46. The largest absolute Gasteiger partial charge is 0.374 e. The lowest BCUT2D eigenvalue weighted by atomic mass is 10.1. The van der Waals surface area contributed by atoms with Gasteiger partial charge in [0.1, 0.15) is 0 Å². The van der Waals surface area contributed by atoms with E-state index in [0.29, 0.717) is 6.10 Å². The predicted molar refractivity (Wildman–Crippen MR) is 42.9 cm³/mol. The smallest absolute Gasteiger partial charge is 0.0793 e. The minimum atomic E-state index is 0.338. The molecule has 1 nitrogen and oxygen atoms in total. The summed E-state index contributed by atoms with van der Waals surface area (Å²) in [6.07, 6.45) is 10.8. The lowest BCUT2D eigenvalue weighted by molar-refractivity contribution is 0.0870. The Morgan fingerprint density at radius 2 is 2.40 bits per heavy atom. The molecule has 0 amide bonds. The third-order valence-corrected chi connectivity index (χ3v) is 1.48. The summed E-state index contributed by atoms with van der Waals surface area (Å²) in [6.45, 7) is 3.01. The average Bonchev–Trinajstić information content (AvgIpc) is 2.03. The fourth-order valence-corrected chi connectivity index (χ4v) is 0.951. The summed E-state index contributed by atoms with van der Waals surface area (Å²) >= 11 is 0. The third kappa shape index (κ3) is 2.36. The van der Waals surface area contributed by atoms with Gasteiger partial charge in [-0.25, -0.2) is 0 Å². The van der Waals surface area contributed by atoms with E-state index in [0.717, 1.165) is 19.4 Å². The van der Waals surface area contributed by atoms with Gasteiger partial charge in [0, 0.05) is 6.61 Å². The quantitative estimate of drug-likeness (QED) is 0.581. The van der Waals surface area contributed by atoms with Gasteiger partial charge in [0.2, 0.25) is 0 Å². The van der Waals surface area contributed by atoms with Crippen LogP contribution in [0.2, 0.25) is 0 Å². The van der Waals surface area contributed by atoms with Gasteiger partial charge in [-0.3, -0.25) is 0 Å². The molecule has 1 aliphatic rings. The minimum Gasteiger partial charge on any atom is -0.374 e. The zero-order valence-electron chi connectivity index (χ0n) is 6.42. The van der Waals surface area contributed by atoms with Crippen LogP contribution in [0.15, 0.2) is 24.3 Å². The van der Waals surface area contributed by atoms with Crippen molar-refractivity contribution in [1.29, 1.82) is 0 Å². The van der Waals surface area contributed by atoms with Crippen LogP contribution in [0.5, 0.6) is 0 Å². The molecule has 1 rings (SSSR count). The molecule has 0 aromatic carbocycles. The van der Waals surface area contributed by atoms with Crippen molar-refractivity contribution in [2.24, 2.45) is 0 Å². The molecule has 0 radical (unpaired) electrons. The first-order valence-corrected chi connectivity index (χ1v) is 3.88. The van der Waals surface area contributed by atoms with E-state index in [9.17, 15) is 0 Å². The first-order chi connectivity index (χ1) is 4.93. The van der Waals surface area contributed by atoms with Crippen molar-refractivity contribution in [2.45, 2.75) is 25.9 Å². The van der Waals surface area contributed by atoms with Crippen molar-refractivity contribution in [3.05, 3.63) is 24.3 Å². The SMILES string of the molecule is CCCOC1C=CC=CC1. The van der Waals surface area contributed by atoms with E-state index in [1.165, 1.54) is 0 Å². The summed E-state index contributed by atoms with van der Waals surface area (Å²) in [7, 11) is 0. The molecule has 0 saturated carbocycles. The summed E-state index contributed by atoms with van der Waals surface area (Å²) in [6, 6.07) is 0. The van der Waals surface area contributed by atoms with Crippen molar-refractivity contribution in [1.82, 2.24) is 0 Å². The molecule has 0 heterocycles. The maximum atomic E-state index is 5.49. The van der Waals surface area contributed by atoms with Gasteiger partial charge in [-0.05, 0) is 12.8 Å². The van der Waals surface area contributed by atoms with E-state index >= 15 is 0 Å². The Balaban J connectivity index is 2.17. The van der Waals surface area contributed by atoms with E-state index in [1.54, 1.807) is 0 Å². The van der Waals surface area contributed by atoms with E-state index in [-0.39, 0.29) is 0 Å². The first kappa shape index (κ1) is 7.55. The Morgan fingerprint density at radius 3 is 3.00 bits per heavy atom. The predicted octanol–water partition coefficient (Wildman–Crippen LogP) is 2.30. The summed E-state index contributed by atoms with van der Waals surface area (Å²) in [5, 5.41) is 0. The highest BCUT2D eigenvalue weighted by atomic mass is 16.5. The molecule has 0 aliphatic heterocycles. The molecule has 0 N–H and O–H groups in total. The minimum absolute atomic E-state index is 0.338. The molecule has 0 aromatic heterocycles. The van der Waals surface area contributed by atoms with Crippen LogP contribution in [0.1, 0.15) is 19.8 Å².